The number of hydrogen-bond acceptors (Lipinski definition) is 4. The van der Waals surface area contributed by atoms with Gasteiger partial charge in [0.15, 0.2) is 5.82 Å². The van der Waals surface area contributed by atoms with E-state index in [2.05, 4.69) is 35.1 Å². The topological polar surface area (TPSA) is 68.1 Å². The number of unbranched alkanes of at least 4 members (excludes halogenated alkanes) is 1. The molecule has 106 valence electrons. The van der Waals surface area contributed by atoms with Crippen LogP contribution in [-0.2, 0) is 4.74 Å². The summed E-state index contributed by atoms with van der Waals surface area (Å²) in [6.07, 6.45) is 5.13. The zero-order valence-electron chi connectivity index (χ0n) is 11.9. The van der Waals surface area contributed by atoms with Crippen molar-refractivity contribution in [3.8, 4) is 0 Å². The van der Waals surface area contributed by atoms with Crippen LogP contribution in [-0.4, -0.2) is 22.9 Å². The fourth-order valence-corrected chi connectivity index (χ4v) is 1.59. The van der Waals surface area contributed by atoms with Gasteiger partial charge < -0.3 is 4.74 Å². The number of nitrogens with one attached hydrogen (secondary N) is 1. The van der Waals surface area contributed by atoms with E-state index in [1.54, 1.807) is 0 Å². The summed E-state index contributed by atoms with van der Waals surface area (Å²) in [5.74, 6) is -0.211. The van der Waals surface area contributed by atoms with Crippen LogP contribution < -0.4 is 5.76 Å². The van der Waals surface area contributed by atoms with Crippen LogP contribution in [0, 0.1) is 0 Å². The van der Waals surface area contributed by atoms with Gasteiger partial charge in [-0.2, -0.15) is 0 Å². The van der Waals surface area contributed by atoms with Crippen molar-refractivity contribution in [2.24, 2.45) is 0 Å². The average Bonchev–Trinajstić information content (AvgIpc) is 2.83. The lowest BCUT2D eigenvalue weighted by molar-refractivity contribution is 0.0802. The van der Waals surface area contributed by atoms with Crippen LogP contribution in [0.25, 0.3) is 5.57 Å². The first-order valence-corrected chi connectivity index (χ1v) is 6.64. The van der Waals surface area contributed by atoms with E-state index in [0.29, 0.717) is 11.4 Å². The van der Waals surface area contributed by atoms with Gasteiger partial charge in [0, 0.05) is 12.2 Å². The van der Waals surface area contributed by atoms with Crippen LogP contribution in [0.3, 0.4) is 0 Å². The van der Waals surface area contributed by atoms with Gasteiger partial charge in [-0.25, -0.2) is 4.79 Å². The van der Waals surface area contributed by atoms with Crippen molar-refractivity contribution in [1.29, 1.82) is 0 Å². The molecule has 0 aromatic carbocycles. The highest BCUT2D eigenvalue weighted by molar-refractivity contribution is 5.72. The third kappa shape index (κ3) is 4.87. The zero-order chi connectivity index (χ0) is 14.3. The quantitative estimate of drug-likeness (QED) is 0.580. The summed E-state index contributed by atoms with van der Waals surface area (Å²) < 4.78 is 10.2. The van der Waals surface area contributed by atoms with Crippen molar-refractivity contribution in [2.75, 3.05) is 6.61 Å². The molecule has 19 heavy (non-hydrogen) atoms. The molecule has 1 aromatic heterocycles. The minimum absolute atomic E-state index is 0.0573. The summed E-state index contributed by atoms with van der Waals surface area (Å²) in [6, 6.07) is 0. The number of allylic oxidation sites excluding steroid dienone is 2. The third-order valence-electron chi connectivity index (χ3n) is 2.87. The van der Waals surface area contributed by atoms with Crippen LogP contribution in [0.15, 0.2) is 27.5 Å². The SMILES string of the molecule is C=C(/C(C)=C\C(CC)OCCCC)c1noc(=O)[nH]1. The number of aromatic nitrogens is 2. The second kappa shape index (κ2) is 7.74. The first-order chi connectivity index (χ1) is 9.08. The van der Waals surface area contributed by atoms with Gasteiger partial charge in [0.1, 0.15) is 0 Å². The normalized spacial score (nSPS) is 13.5. The minimum Gasteiger partial charge on any atom is -0.374 e. The average molecular weight is 266 g/mol. The molecule has 0 fully saturated rings. The fourth-order valence-electron chi connectivity index (χ4n) is 1.59. The molecule has 0 aliphatic rings. The van der Waals surface area contributed by atoms with Crippen LogP contribution >= 0.6 is 0 Å². The van der Waals surface area contributed by atoms with Gasteiger partial charge in [-0.3, -0.25) is 9.51 Å². The molecule has 0 saturated carbocycles. The molecule has 1 heterocycles. The maximum atomic E-state index is 10.9. The van der Waals surface area contributed by atoms with Crippen molar-refractivity contribution >= 4 is 5.57 Å². The molecule has 1 unspecified atom stereocenters. The van der Waals surface area contributed by atoms with Crippen molar-refractivity contribution < 1.29 is 9.26 Å². The van der Waals surface area contributed by atoms with Gasteiger partial charge in [-0.05, 0) is 25.3 Å². The Hall–Kier alpha value is -1.62. The maximum absolute atomic E-state index is 10.9. The van der Waals surface area contributed by atoms with E-state index in [4.69, 9.17) is 4.74 Å². The van der Waals surface area contributed by atoms with E-state index in [0.717, 1.165) is 31.4 Å². The first-order valence-electron chi connectivity index (χ1n) is 6.64. The molecule has 5 nitrogen and oxygen atoms in total. The summed E-state index contributed by atoms with van der Waals surface area (Å²) in [5, 5.41) is 3.62. The number of nitrogens with zero attached hydrogens (tertiary/aromatic N) is 1. The van der Waals surface area contributed by atoms with Gasteiger partial charge in [-0.15, -0.1) is 0 Å². The molecule has 0 aliphatic heterocycles. The smallest absolute Gasteiger partial charge is 0.374 e. The maximum Gasteiger partial charge on any atom is 0.439 e. The molecule has 0 amide bonds. The molecule has 5 heteroatoms. The van der Waals surface area contributed by atoms with Crippen molar-refractivity contribution in [1.82, 2.24) is 10.1 Å². The van der Waals surface area contributed by atoms with E-state index >= 15 is 0 Å². The second-order valence-electron chi connectivity index (χ2n) is 4.44. The first kappa shape index (κ1) is 15.4. The number of ether oxygens (including phenoxy) is 1. The molecule has 1 aromatic rings. The Balaban J connectivity index is 2.67. The lowest BCUT2D eigenvalue weighted by atomic mass is 10.1. The van der Waals surface area contributed by atoms with E-state index in [9.17, 15) is 4.79 Å². The van der Waals surface area contributed by atoms with Crippen LogP contribution in [0.5, 0.6) is 0 Å². The van der Waals surface area contributed by atoms with Crippen molar-refractivity contribution in [2.45, 2.75) is 46.1 Å². The van der Waals surface area contributed by atoms with Gasteiger partial charge in [-0.1, -0.05) is 38.1 Å². The lowest BCUT2D eigenvalue weighted by Crippen LogP contribution is -2.10. The highest BCUT2D eigenvalue weighted by atomic mass is 16.5. The third-order valence-corrected chi connectivity index (χ3v) is 2.87. The molecule has 1 atom stereocenters. The molecule has 1 rings (SSSR count). The second-order valence-corrected chi connectivity index (χ2v) is 4.44. The molecule has 0 spiro atoms. The molecular formula is C14H22N2O3. The monoisotopic (exact) mass is 266 g/mol. The fraction of sp³-hybridized carbons (Fsp3) is 0.571. The van der Waals surface area contributed by atoms with Crippen LogP contribution in [0.4, 0.5) is 0 Å². The van der Waals surface area contributed by atoms with Gasteiger partial charge >= 0.3 is 5.76 Å². The lowest BCUT2D eigenvalue weighted by Gasteiger charge is -2.13. The Morgan fingerprint density at radius 3 is 2.84 bits per heavy atom. The summed E-state index contributed by atoms with van der Waals surface area (Å²) in [6.45, 7) is 10.8. The molecule has 0 bridgehead atoms. The van der Waals surface area contributed by atoms with Crippen molar-refractivity contribution in [3.05, 3.63) is 34.6 Å². The highest BCUT2D eigenvalue weighted by Gasteiger charge is 2.10. The summed E-state index contributed by atoms with van der Waals surface area (Å²) in [4.78, 5) is 13.4. The minimum atomic E-state index is -0.574. The Morgan fingerprint density at radius 1 is 1.58 bits per heavy atom. The molecule has 0 radical (unpaired) electrons. The summed E-state index contributed by atoms with van der Waals surface area (Å²) in [5.41, 5.74) is 1.57. The molecule has 0 saturated heterocycles. The van der Waals surface area contributed by atoms with E-state index in [1.807, 2.05) is 13.0 Å². The van der Waals surface area contributed by atoms with Crippen LogP contribution in [0.1, 0.15) is 45.9 Å². The van der Waals surface area contributed by atoms with Gasteiger partial charge in [0.25, 0.3) is 0 Å². The highest BCUT2D eigenvalue weighted by Crippen LogP contribution is 2.18. The number of aromatic amines is 1. The number of H-pyrrole nitrogens is 1. The zero-order valence-corrected chi connectivity index (χ0v) is 11.9. The van der Waals surface area contributed by atoms with E-state index in [-0.39, 0.29) is 6.10 Å². The molecular weight excluding hydrogens is 244 g/mol. The van der Waals surface area contributed by atoms with Crippen LogP contribution in [0.2, 0.25) is 0 Å². The number of rotatable bonds is 8. The molecule has 1 N–H and O–H groups in total. The Labute approximate surface area is 113 Å². The summed E-state index contributed by atoms with van der Waals surface area (Å²) >= 11 is 0. The predicted molar refractivity (Wildman–Crippen MR) is 74.9 cm³/mol. The Kier molecular flexibility index (Phi) is 6.29. The Bertz CT molecular complexity index is 485. The van der Waals surface area contributed by atoms with Gasteiger partial charge in [0.05, 0.1) is 6.10 Å². The summed E-state index contributed by atoms with van der Waals surface area (Å²) in [7, 11) is 0. The van der Waals surface area contributed by atoms with E-state index < -0.39 is 5.76 Å². The standard InChI is InChI=1S/C14H22N2O3/c1-5-7-8-18-12(6-2)9-10(3)11(4)13-15-14(17)19-16-13/h9,12H,4-8H2,1-3H3,(H,15,16,17)/b10-9-. The van der Waals surface area contributed by atoms with Crippen molar-refractivity contribution in [3.63, 3.8) is 0 Å². The molecule has 0 aliphatic carbocycles. The Morgan fingerprint density at radius 2 is 2.32 bits per heavy atom. The predicted octanol–water partition coefficient (Wildman–Crippen LogP) is 2.92. The largest absolute Gasteiger partial charge is 0.439 e. The van der Waals surface area contributed by atoms with E-state index in [1.165, 1.54) is 0 Å². The number of hydrogen-bond donors (Lipinski definition) is 1. The van der Waals surface area contributed by atoms with Gasteiger partial charge in [0.2, 0.25) is 0 Å².